The van der Waals surface area contributed by atoms with E-state index in [0.717, 1.165) is 56.4 Å². The second kappa shape index (κ2) is 10.6. The lowest BCUT2D eigenvalue weighted by Crippen LogP contribution is -2.44. The van der Waals surface area contributed by atoms with Crippen molar-refractivity contribution in [3.63, 3.8) is 0 Å². The highest BCUT2D eigenvalue weighted by atomic mass is 35.5. The number of nitrogens with zero attached hydrogens (tertiary/aromatic N) is 2. The third-order valence-electron chi connectivity index (χ3n) is 7.38. The molecule has 4 nitrogen and oxygen atoms in total. The monoisotopic (exact) mass is 456 g/mol. The fraction of sp³-hybridized carbons (Fsp3) is 0.556. The van der Waals surface area contributed by atoms with Crippen LogP contribution < -0.4 is 4.74 Å². The Balaban J connectivity index is 1.51. The average molecular weight is 457 g/mol. The van der Waals surface area contributed by atoms with Crippen molar-refractivity contribution in [1.82, 2.24) is 9.80 Å². The standard InChI is InChI=1S/C27H37ClN2O2/c1-29(2)23-13-16-30(18-23)19-24(27(31)14-7-4-8-15-27)22-11-12-26(25(28)17-22)32-20-21-9-5-3-6-10-21/h3,5-6,9-12,17,23-24,31H,4,7-8,13-16,18-20H2,1-2H3. The summed E-state index contributed by atoms with van der Waals surface area (Å²) < 4.78 is 5.99. The molecule has 2 atom stereocenters. The van der Waals surface area contributed by atoms with Gasteiger partial charge < -0.3 is 19.6 Å². The number of aliphatic hydroxyl groups is 1. The lowest BCUT2D eigenvalue weighted by atomic mass is 9.72. The van der Waals surface area contributed by atoms with Crippen LogP contribution >= 0.6 is 11.6 Å². The highest BCUT2D eigenvalue weighted by Gasteiger charge is 2.40. The molecule has 0 amide bonds. The number of likely N-dealkylation sites (N-methyl/N-ethyl adjacent to an activating group) is 1. The molecular weight excluding hydrogens is 420 g/mol. The van der Waals surface area contributed by atoms with E-state index < -0.39 is 5.60 Å². The molecular formula is C27H37ClN2O2. The fourth-order valence-electron chi connectivity index (χ4n) is 5.34. The van der Waals surface area contributed by atoms with Gasteiger partial charge >= 0.3 is 0 Å². The first-order chi connectivity index (χ1) is 15.4. The van der Waals surface area contributed by atoms with Gasteiger partial charge in [-0.3, -0.25) is 0 Å². The van der Waals surface area contributed by atoms with Crippen molar-refractivity contribution in [2.45, 2.75) is 62.7 Å². The number of ether oxygens (including phenoxy) is 1. The van der Waals surface area contributed by atoms with E-state index >= 15 is 0 Å². The van der Waals surface area contributed by atoms with E-state index in [1.807, 2.05) is 42.5 Å². The van der Waals surface area contributed by atoms with Crippen LogP contribution in [0.5, 0.6) is 5.75 Å². The molecule has 1 N–H and O–H groups in total. The van der Waals surface area contributed by atoms with Crippen LogP contribution in [0.25, 0.3) is 0 Å². The normalized spacial score (nSPS) is 22.2. The maximum atomic E-state index is 11.7. The molecule has 1 saturated heterocycles. The van der Waals surface area contributed by atoms with Crippen molar-refractivity contribution >= 4 is 11.6 Å². The van der Waals surface area contributed by atoms with Gasteiger partial charge in [0, 0.05) is 25.0 Å². The largest absolute Gasteiger partial charge is 0.487 e. The molecule has 5 heteroatoms. The number of benzene rings is 2. The molecule has 1 heterocycles. The second-order valence-electron chi connectivity index (χ2n) is 9.85. The van der Waals surface area contributed by atoms with Gasteiger partial charge in [-0.25, -0.2) is 0 Å². The fourth-order valence-corrected chi connectivity index (χ4v) is 5.59. The Morgan fingerprint density at radius 2 is 1.88 bits per heavy atom. The zero-order valence-electron chi connectivity index (χ0n) is 19.5. The van der Waals surface area contributed by atoms with Crippen LogP contribution in [-0.2, 0) is 6.61 Å². The van der Waals surface area contributed by atoms with Crippen LogP contribution in [0.4, 0.5) is 0 Å². The minimum absolute atomic E-state index is 0.0596. The van der Waals surface area contributed by atoms with Crippen molar-refractivity contribution in [2.75, 3.05) is 33.7 Å². The van der Waals surface area contributed by atoms with E-state index in [1.165, 1.54) is 12.8 Å². The van der Waals surface area contributed by atoms with E-state index in [0.29, 0.717) is 23.4 Å². The Labute approximate surface area is 198 Å². The maximum absolute atomic E-state index is 11.7. The molecule has 2 aliphatic rings. The van der Waals surface area contributed by atoms with Gasteiger partial charge in [-0.1, -0.05) is 67.3 Å². The van der Waals surface area contributed by atoms with Gasteiger partial charge in [-0.15, -0.1) is 0 Å². The van der Waals surface area contributed by atoms with Crippen molar-refractivity contribution in [3.05, 3.63) is 64.7 Å². The zero-order valence-corrected chi connectivity index (χ0v) is 20.2. The van der Waals surface area contributed by atoms with E-state index in [-0.39, 0.29) is 5.92 Å². The van der Waals surface area contributed by atoms with Gasteiger partial charge in [-0.2, -0.15) is 0 Å². The molecule has 2 aromatic rings. The SMILES string of the molecule is CN(C)C1CCN(CC(c2ccc(OCc3ccccc3)c(Cl)c2)C2(O)CCCCC2)C1. The summed E-state index contributed by atoms with van der Waals surface area (Å²) in [5.74, 6) is 0.756. The van der Waals surface area contributed by atoms with Crippen molar-refractivity contribution in [2.24, 2.45) is 0 Å². The van der Waals surface area contributed by atoms with E-state index in [1.54, 1.807) is 0 Å². The van der Waals surface area contributed by atoms with Gasteiger partial charge in [0.2, 0.25) is 0 Å². The van der Waals surface area contributed by atoms with Crippen LogP contribution in [0.15, 0.2) is 48.5 Å². The third kappa shape index (κ3) is 5.66. The quantitative estimate of drug-likeness (QED) is 0.582. The van der Waals surface area contributed by atoms with Gasteiger partial charge in [0.1, 0.15) is 12.4 Å². The van der Waals surface area contributed by atoms with Crippen LogP contribution in [-0.4, -0.2) is 60.3 Å². The molecule has 1 saturated carbocycles. The number of halogens is 1. The van der Waals surface area contributed by atoms with Crippen molar-refractivity contribution in [3.8, 4) is 5.75 Å². The maximum Gasteiger partial charge on any atom is 0.138 e. The predicted molar refractivity (Wildman–Crippen MR) is 132 cm³/mol. The molecule has 2 fully saturated rings. The summed E-state index contributed by atoms with van der Waals surface area (Å²) in [6, 6.07) is 16.8. The Hall–Kier alpha value is -1.59. The molecule has 0 bridgehead atoms. The van der Waals surface area contributed by atoms with Crippen LogP contribution in [0.3, 0.4) is 0 Å². The predicted octanol–water partition coefficient (Wildman–Crippen LogP) is 5.33. The zero-order chi connectivity index (χ0) is 22.6. The summed E-state index contributed by atoms with van der Waals surface area (Å²) in [4.78, 5) is 4.84. The highest BCUT2D eigenvalue weighted by molar-refractivity contribution is 6.32. The molecule has 2 aromatic carbocycles. The highest BCUT2D eigenvalue weighted by Crippen LogP contribution is 2.42. The van der Waals surface area contributed by atoms with Gasteiger partial charge in [0.15, 0.2) is 0 Å². The summed E-state index contributed by atoms with van der Waals surface area (Å²) in [5, 5.41) is 12.3. The molecule has 0 aromatic heterocycles. The van der Waals surface area contributed by atoms with Gasteiger partial charge in [0.25, 0.3) is 0 Å². The Morgan fingerprint density at radius 1 is 1.12 bits per heavy atom. The molecule has 174 valence electrons. The Bertz CT molecular complexity index is 867. The lowest BCUT2D eigenvalue weighted by molar-refractivity contribution is -0.0297. The average Bonchev–Trinajstić information content (AvgIpc) is 3.27. The van der Waals surface area contributed by atoms with Gasteiger partial charge in [0.05, 0.1) is 10.6 Å². The van der Waals surface area contributed by atoms with Gasteiger partial charge in [-0.05, 0) is 63.2 Å². The van der Waals surface area contributed by atoms with Crippen LogP contribution in [0.2, 0.25) is 5.02 Å². The minimum Gasteiger partial charge on any atom is -0.487 e. The van der Waals surface area contributed by atoms with Crippen molar-refractivity contribution in [1.29, 1.82) is 0 Å². The van der Waals surface area contributed by atoms with E-state index in [9.17, 15) is 5.11 Å². The van der Waals surface area contributed by atoms with Crippen LogP contribution in [0.1, 0.15) is 55.6 Å². The topological polar surface area (TPSA) is 35.9 Å². The molecule has 0 radical (unpaired) electrons. The third-order valence-corrected chi connectivity index (χ3v) is 7.68. The molecule has 1 aliphatic heterocycles. The summed E-state index contributed by atoms with van der Waals surface area (Å²) in [5.41, 5.74) is 1.58. The van der Waals surface area contributed by atoms with E-state index in [2.05, 4.69) is 30.0 Å². The summed E-state index contributed by atoms with van der Waals surface area (Å²) in [6.45, 7) is 3.52. The van der Waals surface area contributed by atoms with Crippen molar-refractivity contribution < 1.29 is 9.84 Å². The minimum atomic E-state index is -0.663. The number of rotatable bonds is 8. The van der Waals surface area contributed by atoms with Crippen LogP contribution in [0, 0.1) is 0 Å². The Morgan fingerprint density at radius 3 is 2.53 bits per heavy atom. The molecule has 2 unspecified atom stereocenters. The summed E-state index contributed by atoms with van der Waals surface area (Å²) >= 11 is 6.68. The molecule has 4 rings (SSSR count). The summed E-state index contributed by atoms with van der Waals surface area (Å²) in [7, 11) is 4.32. The number of hydrogen-bond donors (Lipinski definition) is 1. The number of hydrogen-bond acceptors (Lipinski definition) is 4. The molecule has 0 spiro atoms. The second-order valence-corrected chi connectivity index (χ2v) is 10.3. The summed E-state index contributed by atoms with van der Waals surface area (Å²) in [6.07, 6.45) is 6.33. The molecule has 32 heavy (non-hydrogen) atoms. The first-order valence-electron chi connectivity index (χ1n) is 12.0. The smallest absolute Gasteiger partial charge is 0.138 e. The Kier molecular flexibility index (Phi) is 7.78. The first-order valence-corrected chi connectivity index (χ1v) is 12.4. The number of likely N-dealkylation sites (tertiary alicyclic amines) is 1. The lowest BCUT2D eigenvalue weighted by Gasteiger charge is -2.41. The van der Waals surface area contributed by atoms with E-state index in [4.69, 9.17) is 16.3 Å². The molecule has 1 aliphatic carbocycles. The first kappa shape index (κ1) is 23.6.